The summed E-state index contributed by atoms with van der Waals surface area (Å²) in [7, 11) is 0. The van der Waals surface area contributed by atoms with Gasteiger partial charge in [0.25, 0.3) is 5.91 Å². The van der Waals surface area contributed by atoms with Gasteiger partial charge in [-0.25, -0.2) is 4.39 Å². The van der Waals surface area contributed by atoms with Crippen LogP contribution in [0.15, 0.2) is 35.0 Å². The molecule has 0 spiro atoms. The summed E-state index contributed by atoms with van der Waals surface area (Å²) in [4.78, 5) is 11.6. The summed E-state index contributed by atoms with van der Waals surface area (Å²) in [5, 5.41) is 15.3. The Morgan fingerprint density at radius 3 is 2.88 bits per heavy atom. The number of hydrogen-bond acceptors (Lipinski definition) is 3. The first-order valence-electron chi connectivity index (χ1n) is 4.49. The van der Waals surface area contributed by atoms with Crippen molar-refractivity contribution in [3.8, 4) is 5.75 Å². The van der Waals surface area contributed by atoms with Crippen LogP contribution >= 0.6 is 11.3 Å². The van der Waals surface area contributed by atoms with Crippen LogP contribution in [0.3, 0.4) is 0 Å². The molecule has 1 aromatic heterocycles. The Bertz CT molecular complexity index is 511. The van der Waals surface area contributed by atoms with E-state index in [0.29, 0.717) is 5.56 Å². The van der Waals surface area contributed by atoms with Gasteiger partial charge in [-0.15, -0.1) is 0 Å². The van der Waals surface area contributed by atoms with Crippen LogP contribution in [-0.2, 0) is 0 Å². The average molecular weight is 237 g/mol. The number of nitrogens with one attached hydrogen (secondary N) is 1. The molecule has 0 saturated carbocycles. The fourth-order valence-electron chi connectivity index (χ4n) is 1.20. The number of anilines is 1. The Morgan fingerprint density at radius 2 is 2.19 bits per heavy atom. The maximum atomic E-state index is 12.9. The third kappa shape index (κ3) is 2.20. The van der Waals surface area contributed by atoms with Crippen LogP contribution in [0.1, 0.15) is 10.4 Å². The lowest BCUT2D eigenvalue weighted by atomic mass is 10.2. The van der Waals surface area contributed by atoms with Gasteiger partial charge in [-0.2, -0.15) is 11.3 Å². The highest BCUT2D eigenvalue weighted by molar-refractivity contribution is 7.08. The molecule has 0 saturated heterocycles. The number of carbonyl (C=O) groups excluding carboxylic acids is 1. The molecule has 0 bridgehead atoms. The molecule has 2 rings (SSSR count). The Kier molecular flexibility index (Phi) is 2.87. The van der Waals surface area contributed by atoms with Gasteiger partial charge in [-0.3, -0.25) is 4.79 Å². The molecule has 0 atom stereocenters. The third-order valence-corrected chi connectivity index (χ3v) is 2.67. The zero-order valence-corrected chi connectivity index (χ0v) is 8.92. The van der Waals surface area contributed by atoms with Crippen molar-refractivity contribution in [2.24, 2.45) is 0 Å². The molecule has 2 N–H and O–H groups in total. The Hall–Kier alpha value is -1.88. The fourth-order valence-corrected chi connectivity index (χ4v) is 1.83. The van der Waals surface area contributed by atoms with E-state index in [4.69, 9.17) is 0 Å². The number of thiophene rings is 1. The molecule has 1 heterocycles. The molecule has 16 heavy (non-hydrogen) atoms. The van der Waals surface area contributed by atoms with Gasteiger partial charge in [-0.1, -0.05) is 0 Å². The lowest BCUT2D eigenvalue weighted by molar-refractivity contribution is 0.102. The van der Waals surface area contributed by atoms with Crippen molar-refractivity contribution in [1.29, 1.82) is 0 Å². The maximum Gasteiger partial charge on any atom is 0.256 e. The summed E-state index contributed by atoms with van der Waals surface area (Å²) >= 11 is 1.39. The van der Waals surface area contributed by atoms with Crippen molar-refractivity contribution < 1.29 is 14.3 Å². The summed E-state index contributed by atoms with van der Waals surface area (Å²) in [6.45, 7) is 0. The monoisotopic (exact) mass is 237 g/mol. The molecule has 2 aromatic rings. The molecule has 0 radical (unpaired) electrons. The summed E-state index contributed by atoms with van der Waals surface area (Å²) < 4.78 is 12.9. The van der Waals surface area contributed by atoms with Crippen LogP contribution in [-0.4, -0.2) is 11.0 Å². The molecule has 0 aliphatic rings. The van der Waals surface area contributed by atoms with Crippen LogP contribution in [0.4, 0.5) is 10.1 Å². The predicted octanol–water partition coefficient (Wildman–Crippen LogP) is 2.85. The van der Waals surface area contributed by atoms with Crippen LogP contribution in [0.2, 0.25) is 0 Å². The number of rotatable bonds is 2. The Morgan fingerprint density at radius 1 is 1.38 bits per heavy atom. The molecule has 0 aliphatic carbocycles. The standard InChI is InChI=1S/C11H8FNO2S/c12-8-1-2-10(14)9(5-8)13-11(15)7-3-4-16-6-7/h1-6,14H,(H,13,15). The highest BCUT2D eigenvalue weighted by atomic mass is 32.1. The fraction of sp³-hybridized carbons (Fsp3) is 0. The van der Waals surface area contributed by atoms with Crippen molar-refractivity contribution in [2.75, 3.05) is 5.32 Å². The van der Waals surface area contributed by atoms with Crippen LogP contribution in [0.25, 0.3) is 0 Å². The number of hydrogen-bond donors (Lipinski definition) is 2. The number of phenols is 1. The second-order valence-corrected chi connectivity index (χ2v) is 3.91. The predicted molar refractivity (Wildman–Crippen MR) is 60.3 cm³/mol. The Balaban J connectivity index is 2.21. The third-order valence-electron chi connectivity index (χ3n) is 1.99. The van der Waals surface area contributed by atoms with Gasteiger partial charge in [0.2, 0.25) is 0 Å². The number of halogens is 1. The Labute approximate surface area is 95.2 Å². The first-order chi connectivity index (χ1) is 7.66. The van der Waals surface area contributed by atoms with Gasteiger partial charge in [0, 0.05) is 11.4 Å². The lowest BCUT2D eigenvalue weighted by Gasteiger charge is -2.05. The molecule has 0 unspecified atom stereocenters. The summed E-state index contributed by atoms with van der Waals surface area (Å²) in [5.74, 6) is -1.05. The molecule has 82 valence electrons. The van der Waals surface area contributed by atoms with Crippen LogP contribution in [0, 0.1) is 5.82 Å². The number of phenolic OH excluding ortho intramolecular Hbond substituents is 1. The largest absolute Gasteiger partial charge is 0.506 e. The summed E-state index contributed by atoms with van der Waals surface area (Å²) in [6, 6.07) is 5.03. The zero-order chi connectivity index (χ0) is 11.5. The van der Waals surface area contributed by atoms with Gasteiger partial charge >= 0.3 is 0 Å². The van der Waals surface area contributed by atoms with E-state index in [0.717, 1.165) is 12.1 Å². The van der Waals surface area contributed by atoms with Crippen LogP contribution in [0.5, 0.6) is 5.75 Å². The van der Waals surface area contributed by atoms with E-state index in [1.54, 1.807) is 16.8 Å². The SMILES string of the molecule is O=C(Nc1cc(F)ccc1O)c1ccsc1. The van der Waals surface area contributed by atoms with E-state index in [2.05, 4.69) is 5.32 Å². The second kappa shape index (κ2) is 4.32. The molecule has 1 aromatic carbocycles. The molecule has 1 amide bonds. The van der Waals surface area contributed by atoms with Gasteiger partial charge < -0.3 is 10.4 Å². The number of carbonyl (C=O) groups is 1. The quantitative estimate of drug-likeness (QED) is 0.789. The lowest BCUT2D eigenvalue weighted by Crippen LogP contribution is -2.10. The second-order valence-electron chi connectivity index (χ2n) is 3.13. The molecular weight excluding hydrogens is 229 g/mol. The number of amides is 1. The van der Waals surface area contributed by atoms with E-state index < -0.39 is 5.82 Å². The van der Waals surface area contributed by atoms with Gasteiger partial charge in [0.05, 0.1) is 11.3 Å². The van der Waals surface area contributed by atoms with E-state index in [9.17, 15) is 14.3 Å². The van der Waals surface area contributed by atoms with Crippen molar-refractivity contribution in [3.63, 3.8) is 0 Å². The minimum atomic E-state index is -0.515. The zero-order valence-electron chi connectivity index (χ0n) is 8.11. The van der Waals surface area contributed by atoms with Crippen molar-refractivity contribution in [1.82, 2.24) is 0 Å². The molecule has 5 heteroatoms. The first-order valence-corrected chi connectivity index (χ1v) is 5.43. The van der Waals surface area contributed by atoms with Gasteiger partial charge in [-0.05, 0) is 23.6 Å². The number of benzene rings is 1. The van der Waals surface area contributed by atoms with Crippen molar-refractivity contribution in [3.05, 3.63) is 46.4 Å². The highest BCUT2D eigenvalue weighted by Crippen LogP contribution is 2.24. The van der Waals surface area contributed by atoms with Crippen LogP contribution < -0.4 is 5.32 Å². The van der Waals surface area contributed by atoms with Gasteiger partial charge in [0.1, 0.15) is 11.6 Å². The smallest absolute Gasteiger partial charge is 0.256 e. The number of aromatic hydroxyl groups is 1. The minimum absolute atomic E-state index is 0.0659. The molecular formula is C11H8FNO2S. The normalized spacial score (nSPS) is 10.1. The van der Waals surface area contributed by atoms with Crippen molar-refractivity contribution in [2.45, 2.75) is 0 Å². The molecule has 0 aliphatic heterocycles. The first kappa shape index (κ1) is 10.6. The van der Waals surface area contributed by atoms with E-state index >= 15 is 0 Å². The summed E-state index contributed by atoms with van der Waals surface area (Å²) in [6.07, 6.45) is 0. The minimum Gasteiger partial charge on any atom is -0.506 e. The van der Waals surface area contributed by atoms with E-state index in [1.165, 1.54) is 17.4 Å². The maximum absolute atomic E-state index is 12.9. The van der Waals surface area contributed by atoms with E-state index in [1.807, 2.05) is 0 Å². The summed E-state index contributed by atoms with van der Waals surface area (Å²) in [5.41, 5.74) is 0.546. The molecule has 0 fully saturated rings. The van der Waals surface area contributed by atoms with Gasteiger partial charge in [0.15, 0.2) is 0 Å². The average Bonchev–Trinajstić information content (AvgIpc) is 2.76. The van der Waals surface area contributed by atoms with E-state index in [-0.39, 0.29) is 17.3 Å². The highest BCUT2D eigenvalue weighted by Gasteiger charge is 2.09. The molecule has 3 nitrogen and oxygen atoms in total. The van der Waals surface area contributed by atoms with Crippen molar-refractivity contribution >= 4 is 22.9 Å². The topological polar surface area (TPSA) is 49.3 Å².